The maximum Gasteiger partial charge on any atom is 0.287 e. The molecule has 5 heteroatoms. The number of carbonyl (C=O) groups excluding carboxylic acids is 1. The Morgan fingerprint density at radius 1 is 1.11 bits per heavy atom. The van der Waals surface area contributed by atoms with Crippen LogP contribution in [0.4, 0.5) is 0 Å². The van der Waals surface area contributed by atoms with Crippen LogP contribution in [0.3, 0.4) is 0 Å². The van der Waals surface area contributed by atoms with Crippen molar-refractivity contribution >= 4 is 16.9 Å². The van der Waals surface area contributed by atoms with Crippen molar-refractivity contribution in [3.63, 3.8) is 0 Å². The van der Waals surface area contributed by atoms with Gasteiger partial charge in [0, 0.05) is 24.1 Å². The zero-order valence-electron chi connectivity index (χ0n) is 15.1. The average molecular weight is 365 g/mol. The molecule has 1 aliphatic heterocycles. The number of furan rings is 1. The smallest absolute Gasteiger partial charge is 0.287 e. The number of nitrogens with one attached hydrogen (secondary N) is 1. The standard InChI is InChI=1S/C22H23NO4/c24-22(23-13-16-7-6-12-25-14-16)21-19(15-26-17-8-2-1-3-9-17)18-10-4-5-11-20(18)27-21/h1-5,8-11,16H,6-7,12-15H2,(H,23,24)/t16-/m1/s1. The molecule has 5 nitrogen and oxygen atoms in total. The molecule has 0 spiro atoms. The zero-order valence-corrected chi connectivity index (χ0v) is 15.1. The number of carbonyl (C=O) groups is 1. The van der Waals surface area contributed by atoms with Gasteiger partial charge in [0.15, 0.2) is 5.76 Å². The van der Waals surface area contributed by atoms with Crippen molar-refractivity contribution in [1.82, 2.24) is 5.32 Å². The number of hydrogen-bond acceptors (Lipinski definition) is 4. The topological polar surface area (TPSA) is 60.7 Å². The van der Waals surface area contributed by atoms with Crippen molar-refractivity contribution < 1.29 is 18.7 Å². The molecule has 1 saturated heterocycles. The van der Waals surface area contributed by atoms with Crippen molar-refractivity contribution in [2.24, 2.45) is 5.92 Å². The first-order valence-electron chi connectivity index (χ1n) is 9.35. The predicted octanol–water partition coefficient (Wildman–Crippen LogP) is 4.17. The summed E-state index contributed by atoms with van der Waals surface area (Å²) in [5, 5.41) is 3.90. The molecule has 27 heavy (non-hydrogen) atoms. The summed E-state index contributed by atoms with van der Waals surface area (Å²) in [7, 11) is 0. The van der Waals surface area contributed by atoms with Crippen LogP contribution in [0.2, 0.25) is 0 Å². The number of amides is 1. The van der Waals surface area contributed by atoms with E-state index in [2.05, 4.69) is 5.32 Å². The van der Waals surface area contributed by atoms with E-state index >= 15 is 0 Å². The van der Waals surface area contributed by atoms with Gasteiger partial charge in [-0.05, 0) is 37.0 Å². The van der Waals surface area contributed by atoms with Gasteiger partial charge < -0.3 is 19.2 Å². The van der Waals surface area contributed by atoms with Gasteiger partial charge in [0.25, 0.3) is 5.91 Å². The fourth-order valence-corrected chi connectivity index (χ4v) is 3.38. The molecule has 0 unspecified atom stereocenters. The fraction of sp³-hybridized carbons (Fsp3) is 0.318. The number of hydrogen-bond donors (Lipinski definition) is 1. The molecule has 1 aliphatic rings. The third-order valence-corrected chi connectivity index (χ3v) is 4.84. The lowest BCUT2D eigenvalue weighted by atomic mass is 10.0. The van der Waals surface area contributed by atoms with Gasteiger partial charge in [-0.1, -0.05) is 36.4 Å². The van der Waals surface area contributed by atoms with E-state index in [-0.39, 0.29) is 12.5 Å². The van der Waals surface area contributed by atoms with Crippen LogP contribution in [-0.2, 0) is 11.3 Å². The Hall–Kier alpha value is -2.79. The Balaban J connectivity index is 1.52. The minimum absolute atomic E-state index is 0.205. The molecule has 0 radical (unpaired) electrons. The highest BCUT2D eigenvalue weighted by Crippen LogP contribution is 2.27. The lowest BCUT2D eigenvalue weighted by Gasteiger charge is -2.22. The maximum atomic E-state index is 12.8. The summed E-state index contributed by atoms with van der Waals surface area (Å²) in [6.07, 6.45) is 2.12. The normalized spacial score (nSPS) is 17.0. The maximum absolute atomic E-state index is 12.8. The van der Waals surface area contributed by atoms with Gasteiger partial charge in [-0.2, -0.15) is 0 Å². The zero-order chi connectivity index (χ0) is 18.5. The molecule has 140 valence electrons. The number of ether oxygens (including phenoxy) is 2. The molecule has 0 aliphatic carbocycles. The fourth-order valence-electron chi connectivity index (χ4n) is 3.38. The number of fused-ring (bicyclic) bond motifs is 1. The van der Waals surface area contributed by atoms with Gasteiger partial charge in [0.1, 0.15) is 17.9 Å². The Labute approximate surface area is 158 Å². The van der Waals surface area contributed by atoms with E-state index in [0.717, 1.165) is 36.1 Å². The lowest BCUT2D eigenvalue weighted by Crippen LogP contribution is -2.33. The van der Waals surface area contributed by atoms with E-state index in [4.69, 9.17) is 13.9 Å². The quantitative estimate of drug-likeness (QED) is 0.712. The van der Waals surface area contributed by atoms with Crippen LogP contribution >= 0.6 is 0 Å². The second-order valence-electron chi connectivity index (χ2n) is 6.80. The van der Waals surface area contributed by atoms with E-state index in [9.17, 15) is 4.79 Å². The van der Waals surface area contributed by atoms with Crippen molar-refractivity contribution in [2.75, 3.05) is 19.8 Å². The van der Waals surface area contributed by atoms with Gasteiger partial charge in [-0.25, -0.2) is 0 Å². The molecular formula is C22H23NO4. The molecular weight excluding hydrogens is 342 g/mol. The molecule has 4 rings (SSSR count). The lowest BCUT2D eigenvalue weighted by molar-refractivity contribution is 0.0533. The third-order valence-electron chi connectivity index (χ3n) is 4.84. The average Bonchev–Trinajstić information content (AvgIpc) is 3.11. The van der Waals surface area contributed by atoms with E-state index in [0.29, 0.717) is 30.4 Å². The molecule has 0 saturated carbocycles. The van der Waals surface area contributed by atoms with Gasteiger partial charge in [-0.3, -0.25) is 4.79 Å². The number of para-hydroxylation sites is 2. The van der Waals surface area contributed by atoms with E-state index in [1.807, 2.05) is 54.6 Å². The number of benzene rings is 2. The highest BCUT2D eigenvalue weighted by atomic mass is 16.5. The summed E-state index contributed by atoms with van der Waals surface area (Å²) in [5.41, 5.74) is 1.46. The van der Waals surface area contributed by atoms with Crippen molar-refractivity contribution in [3.05, 3.63) is 65.9 Å². The molecule has 2 aromatic carbocycles. The van der Waals surface area contributed by atoms with E-state index < -0.39 is 0 Å². The molecule has 2 heterocycles. The van der Waals surface area contributed by atoms with Crippen LogP contribution in [0, 0.1) is 5.92 Å². The molecule has 0 bridgehead atoms. The van der Waals surface area contributed by atoms with Gasteiger partial charge >= 0.3 is 0 Å². The van der Waals surface area contributed by atoms with Crippen LogP contribution in [-0.4, -0.2) is 25.7 Å². The van der Waals surface area contributed by atoms with Gasteiger partial charge in [-0.15, -0.1) is 0 Å². The SMILES string of the molecule is O=C(NC[C@H]1CCCOC1)c1oc2ccccc2c1COc1ccccc1. The Morgan fingerprint density at radius 3 is 2.74 bits per heavy atom. The molecule has 3 aromatic rings. The van der Waals surface area contributed by atoms with Crippen LogP contribution in [0.25, 0.3) is 11.0 Å². The monoisotopic (exact) mass is 365 g/mol. The van der Waals surface area contributed by atoms with E-state index in [1.165, 1.54) is 0 Å². The van der Waals surface area contributed by atoms with Gasteiger partial charge in [0.05, 0.1) is 6.61 Å². The Bertz CT molecular complexity index is 897. The predicted molar refractivity (Wildman–Crippen MR) is 103 cm³/mol. The Morgan fingerprint density at radius 2 is 1.93 bits per heavy atom. The third kappa shape index (κ3) is 4.14. The highest BCUT2D eigenvalue weighted by Gasteiger charge is 2.22. The first-order valence-corrected chi connectivity index (χ1v) is 9.35. The molecule has 1 aromatic heterocycles. The molecule has 1 N–H and O–H groups in total. The summed E-state index contributed by atoms with van der Waals surface area (Å²) >= 11 is 0. The summed E-state index contributed by atoms with van der Waals surface area (Å²) in [6, 6.07) is 17.2. The van der Waals surface area contributed by atoms with Crippen molar-refractivity contribution in [1.29, 1.82) is 0 Å². The first-order chi connectivity index (χ1) is 13.3. The van der Waals surface area contributed by atoms with Crippen LogP contribution in [0.1, 0.15) is 29.0 Å². The first kappa shape index (κ1) is 17.6. The highest BCUT2D eigenvalue weighted by molar-refractivity contribution is 5.99. The van der Waals surface area contributed by atoms with Crippen LogP contribution < -0.4 is 10.1 Å². The van der Waals surface area contributed by atoms with E-state index in [1.54, 1.807) is 0 Å². The number of rotatable bonds is 6. The summed E-state index contributed by atoms with van der Waals surface area (Å²) in [6.45, 7) is 2.38. The summed E-state index contributed by atoms with van der Waals surface area (Å²) < 4.78 is 17.2. The second-order valence-corrected chi connectivity index (χ2v) is 6.80. The summed E-state index contributed by atoms with van der Waals surface area (Å²) in [4.78, 5) is 12.8. The summed E-state index contributed by atoms with van der Waals surface area (Å²) in [5.74, 6) is 1.23. The minimum atomic E-state index is -0.205. The van der Waals surface area contributed by atoms with Crippen LogP contribution in [0.5, 0.6) is 5.75 Å². The van der Waals surface area contributed by atoms with Gasteiger partial charge in [0.2, 0.25) is 0 Å². The largest absolute Gasteiger partial charge is 0.489 e. The Kier molecular flexibility index (Phi) is 5.39. The molecule has 1 fully saturated rings. The van der Waals surface area contributed by atoms with Crippen molar-refractivity contribution in [2.45, 2.75) is 19.4 Å². The second kappa shape index (κ2) is 8.27. The van der Waals surface area contributed by atoms with Crippen molar-refractivity contribution in [3.8, 4) is 5.75 Å². The van der Waals surface area contributed by atoms with Crippen LogP contribution in [0.15, 0.2) is 59.0 Å². The molecule has 1 atom stereocenters. The minimum Gasteiger partial charge on any atom is -0.489 e. The molecule has 1 amide bonds.